The predicted octanol–water partition coefficient (Wildman–Crippen LogP) is 3.86. The van der Waals surface area contributed by atoms with Gasteiger partial charge < -0.3 is 0 Å². The monoisotopic (exact) mass is 334 g/mol. The third-order valence-electron chi connectivity index (χ3n) is 3.52. The van der Waals surface area contributed by atoms with Gasteiger partial charge in [0.15, 0.2) is 9.84 Å². The fraction of sp³-hybridized carbons (Fsp3) is 0.188. The molecule has 3 aromatic rings. The zero-order valence-electron chi connectivity index (χ0n) is 12.2. The molecule has 0 aliphatic carbocycles. The van der Waals surface area contributed by atoms with Gasteiger partial charge in [-0.15, -0.1) is 0 Å². The molecule has 0 amide bonds. The lowest BCUT2D eigenvalue weighted by atomic mass is 10.2. The van der Waals surface area contributed by atoms with Crippen molar-refractivity contribution in [3.8, 4) is 5.69 Å². The van der Waals surface area contributed by atoms with Crippen LogP contribution in [-0.2, 0) is 9.84 Å². The maximum absolute atomic E-state index is 12.2. The highest BCUT2D eigenvalue weighted by Gasteiger charge is 2.19. The number of aromatic nitrogens is 2. The normalized spacial score (nSPS) is 12.2. The highest BCUT2D eigenvalue weighted by Crippen LogP contribution is 2.23. The number of fused-ring (bicyclic) bond motifs is 1. The lowest BCUT2D eigenvalue weighted by Gasteiger charge is -2.06. The Bertz CT molecular complexity index is 928. The third-order valence-corrected chi connectivity index (χ3v) is 5.92. The number of rotatable bonds is 3. The van der Waals surface area contributed by atoms with Gasteiger partial charge in [-0.3, -0.25) is 0 Å². The molecule has 0 aliphatic rings. The highest BCUT2D eigenvalue weighted by atomic mass is 35.5. The Hall–Kier alpha value is -1.85. The number of benzene rings is 2. The number of hydrogen-bond acceptors (Lipinski definition) is 3. The second kappa shape index (κ2) is 5.41. The Morgan fingerprint density at radius 3 is 2.41 bits per heavy atom. The van der Waals surface area contributed by atoms with E-state index in [0.717, 1.165) is 11.1 Å². The molecule has 2 aromatic carbocycles. The fourth-order valence-electron chi connectivity index (χ4n) is 2.17. The van der Waals surface area contributed by atoms with Gasteiger partial charge >= 0.3 is 0 Å². The average molecular weight is 335 g/mol. The van der Waals surface area contributed by atoms with Gasteiger partial charge in [0.05, 0.1) is 21.3 Å². The lowest BCUT2D eigenvalue weighted by molar-refractivity contribution is 0.587. The van der Waals surface area contributed by atoms with Crippen molar-refractivity contribution in [3.63, 3.8) is 0 Å². The summed E-state index contributed by atoms with van der Waals surface area (Å²) >= 11 is 5.88. The summed E-state index contributed by atoms with van der Waals surface area (Å²) in [7, 11) is -3.30. The molecule has 0 saturated carbocycles. The van der Waals surface area contributed by atoms with Gasteiger partial charge in [0.2, 0.25) is 0 Å². The van der Waals surface area contributed by atoms with Crippen molar-refractivity contribution in [2.45, 2.75) is 24.0 Å². The van der Waals surface area contributed by atoms with Crippen molar-refractivity contribution < 1.29 is 8.42 Å². The van der Waals surface area contributed by atoms with Crippen LogP contribution in [0.3, 0.4) is 0 Å². The van der Waals surface area contributed by atoms with Gasteiger partial charge in [0.25, 0.3) is 0 Å². The fourth-order valence-corrected chi connectivity index (χ4v) is 3.38. The van der Waals surface area contributed by atoms with Crippen LogP contribution in [0.4, 0.5) is 0 Å². The SMILES string of the molecule is CC(C)S(=O)(=O)c1ccc2cn(-c3ccc(Cl)cc3)nc2c1. The molecule has 22 heavy (non-hydrogen) atoms. The standard InChI is InChI=1S/C16H15ClN2O2S/c1-11(2)22(20,21)15-8-3-12-10-19(18-16(12)9-15)14-6-4-13(17)5-7-14/h3-11H,1-2H3. The van der Waals surface area contributed by atoms with Crippen LogP contribution in [0.5, 0.6) is 0 Å². The molecule has 6 heteroatoms. The molecular weight excluding hydrogens is 320 g/mol. The Balaban J connectivity index is 2.09. The van der Waals surface area contributed by atoms with Crippen LogP contribution in [0.25, 0.3) is 16.6 Å². The van der Waals surface area contributed by atoms with E-state index < -0.39 is 15.1 Å². The summed E-state index contributed by atoms with van der Waals surface area (Å²) in [4.78, 5) is 0.302. The topological polar surface area (TPSA) is 52.0 Å². The van der Waals surface area contributed by atoms with Gasteiger partial charge in [-0.25, -0.2) is 13.1 Å². The first kappa shape index (κ1) is 15.1. The maximum atomic E-state index is 12.2. The van der Waals surface area contributed by atoms with Gasteiger partial charge in [0.1, 0.15) is 0 Å². The van der Waals surface area contributed by atoms with Crippen LogP contribution in [0, 0.1) is 0 Å². The highest BCUT2D eigenvalue weighted by molar-refractivity contribution is 7.92. The third kappa shape index (κ3) is 2.62. The summed E-state index contributed by atoms with van der Waals surface area (Å²) in [5, 5.41) is 5.54. The molecule has 114 valence electrons. The molecule has 0 bridgehead atoms. The summed E-state index contributed by atoms with van der Waals surface area (Å²) < 4.78 is 26.2. The van der Waals surface area contributed by atoms with E-state index in [9.17, 15) is 8.42 Å². The van der Waals surface area contributed by atoms with E-state index in [1.54, 1.807) is 48.9 Å². The molecular formula is C16H15ClN2O2S. The van der Waals surface area contributed by atoms with E-state index in [1.807, 2.05) is 18.3 Å². The molecule has 0 unspecified atom stereocenters. The van der Waals surface area contributed by atoms with Crippen LogP contribution < -0.4 is 0 Å². The van der Waals surface area contributed by atoms with E-state index in [0.29, 0.717) is 15.4 Å². The Morgan fingerprint density at radius 1 is 1.09 bits per heavy atom. The van der Waals surface area contributed by atoms with Crippen LogP contribution in [0.15, 0.2) is 53.6 Å². The molecule has 0 atom stereocenters. The van der Waals surface area contributed by atoms with Crippen LogP contribution in [-0.4, -0.2) is 23.4 Å². The molecule has 0 radical (unpaired) electrons. The predicted molar refractivity (Wildman–Crippen MR) is 88.4 cm³/mol. The molecule has 0 fully saturated rings. The largest absolute Gasteiger partial charge is 0.240 e. The lowest BCUT2D eigenvalue weighted by Crippen LogP contribution is -2.13. The molecule has 0 spiro atoms. The number of nitrogens with zero attached hydrogens (tertiary/aromatic N) is 2. The smallest absolute Gasteiger partial charge is 0.180 e. The zero-order valence-corrected chi connectivity index (χ0v) is 13.8. The Kier molecular flexibility index (Phi) is 3.70. The first-order valence-corrected chi connectivity index (χ1v) is 8.79. The number of sulfone groups is 1. The average Bonchev–Trinajstić information content (AvgIpc) is 2.90. The number of hydrogen-bond donors (Lipinski definition) is 0. The van der Waals surface area contributed by atoms with Gasteiger partial charge in [0, 0.05) is 16.6 Å². The van der Waals surface area contributed by atoms with Crippen molar-refractivity contribution in [3.05, 3.63) is 53.7 Å². The minimum atomic E-state index is -3.30. The molecule has 1 aromatic heterocycles. The Morgan fingerprint density at radius 2 is 1.77 bits per heavy atom. The molecule has 1 heterocycles. The van der Waals surface area contributed by atoms with E-state index in [1.165, 1.54) is 0 Å². The molecule has 4 nitrogen and oxygen atoms in total. The molecule has 3 rings (SSSR count). The summed E-state index contributed by atoms with van der Waals surface area (Å²) in [5.41, 5.74) is 1.52. The maximum Gasteiger partial charge on any atom is 0.180 e. The molecule has 0 N–H and O–H groups in total. The Labute approximate surface area is 134 Å². The van der Waals surface area contributed by atoms with E-state index in [4.69, 9.17) is 11.6 Å². The first-order valence-electron chi connectivity index (χ1n) is 6.87. The van der Waals surface area contributed by atoms with Crippen molar-refractivity contribution in [1.29, 1.82) is 0 Å². The minimum absolute atomic E-state index is 0.302. The first-order chi connectivity index (χ1) is 10.4. The van der Waals surface area contributed by atoms with Crippen LogP contribution in [0.2, 0.25) is 5.02 Å². The summed E-state index contributed by atoms with van der Waals surface area (Å²) in [5.74, 6) is 0. The van der Waals surface area contributed by atoms with E-state index >= 15 is 0 Å². The second-order valence-corrected chi connectivity index (χ2v) is 8.31. The van der Waals surface area contributed by atoms with Crippen LogP contribution >= 0.6 is 11.6 Å². The van der Waals surface area contributed by atoms with Crippen molar-refractivity contribution in [1.82, 2.24) is 9.78 Å². The molecule has 0 saturated heterocycles. The number of halogens is 1. The van der Waals surface area contributed by atoms with E-state index in [2.05, 4.69) is 5.10 Å². The minimum Gasteiger partial charge on any atom is -0.240 e. The van der Waals surface area contributed by atoms with Gasteiger partial charge in [-0.1, -0.05) is 11.6 Å². The van der Waals surface area contributed by atoms with Gasteiger partial charge in [-0.05, 0) is 56.3 Å². The van der Waals surface area contributed by atoms with Crippen LogP contribution in [0.1, 0.15) is 13.8 Å². The van der Waals surface area contributed by atoms with Crippen molar-refractivity contribution in [2.24, 2.45) is 0 Å². The quantitative estimate of drug-likeness (QED) is 0.730. The summed E-state index contributed by atoms with van der Waals surface area (Å²) in [6, 6.07) is 12.3. The second-order valence-electron chi connectivity index (χ2n) is 5.36. The molecule has 0 aliphatic heterocycles. The van der Waals surface area contributed by atoms with E-state index in [-0.39, 0.29) is 0 Å². The van der Waals surface area contributed by atoms with Crippen molar-refractivity contribution in [2.75, 3.05) is 0 Å². The summed E-state index contributed by atoms with van der Waals surface area (Å²) in [6.45, 7) is 3.34. The van der Waals surface area contributed by atoms with Gasteiger partial charge in [-0.2, -0.15) is 5.10 Å². The zero-order chi connectivity index (χ0) is 15.9. The van der Waals surface area contributed by atoms with Crippen molar-refractivity contribution >= 4 is 32.3 Å². The summed E-state index contributed by atoms with van der Waals surface area (Å²) in [6.07, 6.45) is 1.87.